The van der Waals surface area contributed by atoms with Gasteiger partial charge >= 0.3 is 0 Å². The van der Waals surface area contributed by atoms with Crippen molar-refractivity contribution in [2.75, 3.05) is 6.54 Å². The first kappa shape index (κ1) is 15.2. The summed E-state index contributed by atoms with van der Waals surface area (Å²) in [5, 5.41) is 3.36. The van der Waals surface area contributed by atoms with Gasteiger partial charge in [-0.25, -0.2) is 4.39 Å². The Morgan fingerprint density at radius 1 is 1.00 bits per heavy atom. The maximum Gasteiger partial charge on any atom is 0.123 e. The van der Waals surface area contributed by atoms with E-state index < -0.39 is 0 Å². The van der Waals surface area contributed by atoms with E-state index in [1.165, 1.54) is 18.1 Å². The highest BCUT2D eigenvalue weighted by molar-refractivity contribution is 9.10. The normalized spacial score (nSPS) is 10.7. The molecule has 0 aliphatic rings. The van der Waals surface area contributed by atoms with E-state index in [2.05, 4.69) is 45.5 Å². The standard InChI is InChI=1S/C17H19BrFN/c18-17-10-9-16(19)12-15(17)13-20-11-5-4-8-14-6-2-1-3-7-14/h1-3,6-7,9-10,12,20H,4-5,8,11,13H2. The van der Waals surface area contributed by atoms with Gasteiger partial charge in [0.2, 0.25) is 0 Å². The Hall–Kier alpha value is -1.19. The average molecular weight is 336 g/mol. The monoisotopic (exact) mass is 335 g/mol. The zero-order chi connectivity index (χ0) is 14.2. The molecule has 0 radical (unpaired) electrons. The van der Waals surface area contributed by atoms with Gasteiger partial charge in [0.05, 0.1) is 0 Å². The highest BCUT2D eigenvalue weighted by Crippen LogP contribution is 2.17. The fourth-order valence-electron chi connectivity index (χ4n) is 2.13. The molecule has 0 saturated heterocycles. The smallest absolute Gasteiger partial charge is 0.123 e. The lowest BCUT2D eigenvalue weighted by molar-refractivity contribution is 0.606. The summed E-state index contributed by atoms with van der Waals surface area (Å²) in [6.07, 6.45) is 3.41. The van der Waals surface area contributed by atoms with Gasteiger partial charge in [-0.05, 0) is 55.1 Å². The third kappa shape index (κ3) is 5.06. The third-order valence-electron chi connectivity index (χ3n) is 3.24. The molecule has 0 fully saturated rings. The van der Waals surface area contributed by atoms with Gasteiger partial charge in [-0.15, -0.1) is 0 Å². The lowest BCUT2D eigenvalue weighted by Gasteiger charge is -2.07. The van der Waals surface area contributed by atoms with Crippen LogP contribution >= 0.6 is 15.9 Å². The largest absolute Gasteiger partial charge is 0.313 e. The molecule has 0 heterocycles. The molecule has 0 unspecified atom stereocenters. The summed E-state index contributed by atoms with van der Waals surface area (Å²) in [4.78, 5) is 0. The van der Waals surface area contributed by atoms with Crippen LogP contribution in [-0.2, 0) is 13.0 Å². The molecule has 0 aliphatic carbocycles. The minimum Gasteiger partial charge on any atom is -0.313 e. The predicted molar refractivity (Wildman–Crippen MR) is 85.2 cm³/mol. The molecular formula is C17H19BrFN. The molecule has 0 bridgehead atoms. The summed E-state index contributed by atoms with van der Waals surface area (Å²) in [5.74, 6) is -0.186. The minimum atomic E-state index is -0.186. The molecule has 2 rings (SSSR count). The average Bonchev–Trinajstić information content (AvgIpc) is 2.47. The number of unbranched alkanes of at least 4 members (excludes halogenated alkanes) is 1. The predicted octanol–water partition coefficient (Wildman–Crippen LogP) is 4.70. The Kier molecular flexibility index (Phi) is 6.22. The fraction of sp³-hybridized carbons (Fsp3) is 0.294. The highest BCUT2D eigenvalue weighted by Gasteiger charge is 2.01. The van der Waals surface area contributed by atoms with Crippen molar-refractivity contribution in [2.24, 2.45) is 0 Å². The molecule has 2 aromatic carbocycles. The Labute approximate surface area is 128 Å². The first-order chi connectivity index (χ1) is 9.75. The van der Waals surface area contributed by atoms with Crippen LogP contribution in [0.5, 0.6) is 0 Å². The van der Waals surface area contributed by atoms with E-state index in [4.69, 9.17) is 0 Å². The summed E-state index contributed by atoms with van der Waals surface area (Å²) in [7, 11) is 0. The number of rotatable bonds is 7. The van der Waals surface area contributed by atoms with Gasteiger partial charge in [-0.1, -0.05) is 46.3 Å². The van der Waals surface area contributed by atoms with Crippen molar-refractivity contribution < 1.29 is 4.39 Å². The molecule has 3 heteroatoms. The van der Waals surface area contributed by atoms with Crippen LogP contribution in [0.25, 0.3) is 0 Å². The Morgan fingerprint density at radius 3 is 2.60 bits per heavy atom. The number of aryl methyl sites for hydroxylation is 1. The van der Waals surface area contributed by atoms with Crippen LogP contribution in [0.3, 0.4) is 0 Å². The zero-order valence-electron chi connectivity index (χ0n) is 11.4. The van der Waals surface area contributed by atoms with Crippen LogP contribution in [0.4, 0.5) is 4.39 Å². The van der Waals surface area contributed by atoms with E-state index in [1.807, 2.05) is 6.07 Å². The van der Waals surface area contributed by atoms with Crippen molar-refractivity contribution in [3.05, 3.63) is 69.9 Å². The van der Waals surface area contributed by atoms with Gasteiger partial charge in [0.1, 0.15) is 5.82 Å². The summed E-state index contributed by atoms with van der Waals surface area (Å²) in [6.45, 7) is 1.65. The van der Waals surface area contributed by atoms with Crippen LogP contribution in [0.1, 0.15) is 24.0 Å². The van der Waals surface area contributed by atoms with Crippen LogP contribution in [0.2, 0.25) is 0 Å². The molecule has 2 aromatic rings. The quantitative estimate of drug-likeness (QED) is 0.723. The molecule has 0 aromatic heterocycles. The van der Waals surface area contributed by atoms with Crippen molar-refractivity contribution in [3.8, 4) is 0 Å². The van der Waals surface area contributed by atoms with Gasteiger partial charge < -0.3 is 5.32 Å². The van der Waals surface area contributed by atoms with E-state index in [0.717, 1.165) is 29.4 Å². The Bertz CT molecular complexity index is 528. The number of halogens is 2. The van der Waals surface area contributed by atoms with Gasteiger partial charge in [0, 0.05) is 11.0 Å². The molecule has 20 heavy (non-hydrogen) atoms. The topological polar surface area (TPSA) is 12.0 Å². The number of hydrogen-bond donors (Lipinski definition) is 1. The van der Waals surface area contributed by atoms with Gasteiger partial charge in [-0.3, -0.25) is 0 Å². The molecule has 0 spiro atoms. The van der Waals surface area contributed by atoms with Crippen LogP contribution in [0.15, 0.2) is 53.0 Å². The van der Waals surface area contributed by atoms with Gasteiger partial charge in [-0.2, -0.15) is 0 Å². The second-order valence-corrected chi connectivity index (χ2v) is 5.71. The Morgan fingerprint density at radius 2 is 1.80 bits per heavy atom. The maximum absolute atomic E-state index is 13.1. The second-order valence-electron chi connectivity index (χ2n) is 4.86. The fourth-order valence-corrected chi connectivity index (χ4v) is 2.51. The summed E-state index contributed by atoms with van der Waals surface area (Å²) < 4.78 is 14.1. The third-order valence-corrected chi connectivity index (χ3v) is 4.01. The molecule has 0 atom stereocenters. The first-order valence-corrected chi connectivity index (χ1v) is 7.73. The van der Waals surface area contributed by atoms with Gasteiger partial charge in [0.25, 0.3) is 0 Å². The lowest BCUT2D eigenvalue weighted by Crippen LogP contribution is -2.15. The lowest BCUT2D eigenvalue weighted by atomic mass is 10.1. The number of hydrogen-bond acceptors (Lipinski definition) is 1. The van der Waals surface area contributed by atoms with Crippen molar-refractivity contribution in [1.82, 2.24) is 5.32 Å². The Balaban J connectivity index is 1.63. The first-order valence-electron chi connectivity index (χ1n) is 6.94. The van der Waals surface area contributed by atoms with E-state index >= 15 is 0 Å². The molecule has 0 aliphatic heterocycles. The molecular weight excluding hydrogens is 317 g/mol. The van der Waals surface area contributed by atoms with Crippen LogP contribution < -0.4 is 5.32 Å². The van der Waals surface area contributed by atoms with Crippen molar-refractivity contribution in [1.29, 1.82) is 0 Å². The van der Waals surface area contributed by atoms with Crippen molar-refractivity contribution in [2.45, 2.75) is 25.8 Å². The van der Waals surface area contributed by atoms with Gasteiger partial charge in [0.15, 0.2) is 0 Å². The molecule has 1 nitrogen and oxygen atoms in total. The highest BCUT2D eigenvalue weighted by atomic mass is 79.9. The van der Waals surface area contributed by atoms with E-state index in [0.29, 0.717) is 6.54 Å². The summed E-state index contributed by atoms with van der Waals surface area (Å²) in [6, 6.07) is 15.3. The SMILES string of the molecule is Fc1ccc(Br)c(CNCCCCc2ccccc2)c1. The van der Waals surface area contributed by atoms with E-state index in [9.17, 15) is 4.39 Å². The van der Waals surface area contributed by atoms with Crippen LogP contribution in [0, 0.1) is 5.82 Å². The summed E-state index contributed by atoms with van der Waals surface area (Å²) >= 11 is 3.44. The second kappa shape index (κ2) is 8.18. The number of benzene rings is 2. The minimum absolute atomic E-state index is 0.186. The van der Waals surface area contributed by atoms with E-state index in [-0.39, 0.29) is 5.82 Å². The molecule has 0 saturated carbocycles. The summed E-state index contributed by atoms with van der Waals surface area (Å²) in [5.41, 5.74) is 2.36. The van der Waals surface area contributed by atoms with Crippen LogP contribution in [-0.4, -0.2) is 6.54 Å². The van der Waals surface area contributed by atoms with Crippen molar-refractivity contribution >= 4 is 15.9 Å². The van der Waals surface area contributed by atoms with E-state index in [1.54, 1.807) is 12.1 Å². The zero-order valence-corrected chi connectivity index (χ0v) is 13.0. The molecule has 0 amide bonds. The van der Waals surface area contributed by atoms with Crippen molar-refractivity contribution in [3.63, 3.8) is 0 Å². The molecule has 106 valence electrons. The maximum atomic E-state index is 13.1. The number of nitrogens with one attached hydrogen (secondary N) is 1. The molecule has 1 N–H and O–H groups in total.